The lowest BCUT2D eigenvalue weighted by molar-refractivity contribution is -0.133. The highest BCUT2D eigenvalue weighted by Crippen LogP contribution is 2.45. The van der Waals surface area contributed by atoms with Crippen LogP contribution >= 0.6 is 0 Å². The minimum absolute atomic E-state index is 0.0791. The molecule has 0 bridgehead atoms. The van der Waals surface area contributed by atoms with Gasteiger partial charge in [0.05, 0.1) is 6.04 Å². The number of amides is 1. The van der Waals surface area contributed by atoms with Crippen molar-refractivity contribution in [3.05, 3.63) is 17.6 Å². The minimum Gasteiger partial charge on any atom is -0.353 e. The standard InChI is InChI=1S/C18H27N5O/c1-11(2)17-20-12(3)8-15(21-17)22-4-6-23(7-5-22)18(24)16-14-9-13(14)10-19-16/h8,11,13-14,16,19H,4-7,9-10H2,1-3H3/t13-,14-,16+/m0/s1. The van der Waals surface area contributed by atoms with Crippen molar-refractivity contribution in [3.8, 4) is 0 Å². The van der Waals surface area contributed by atoms with Crippen LogP contribution < -0.4 is 10.2 Å². The molecule has 1 amide bonds. The normalized spacial score (nSPS) is 29.1. The number of hydrogen-bond acceptors (Lipinski definition) is 5. The maximum atomic E-state index is 12.7. The Hall–Kier alpha value is -1.69. The molecule has 1 aliphatic carbocycles. The van der Waals surface area contributed by atoms with Gasteiger partial charge < -0.3 is 15.1 Å². The van der Waals surface area contributed by atoms with Gasteiger partial charge >= 0.3 is 0 Å². The minimum atomic E-state index is 0.0791. The highest BCUT2D eigenvalue weighted by molar-refractivity contribution is 5.83. The summed E-state index contributed by atoms with van der Waals surface area (Å²) in [6, 6.07) is 2.13. The molecule has 3 heterocycles. The van der Waals surface area contributed by atoms with Crippen molar-refractivity contribution in [1.82, 2.24) is 20.2 Å². The van der Waals surface area contributed by atoms with Crippen LogP contribution in [0.1, 0.15) is 37.7 Å². The van der Waals surface area contributed by atoms with Gasteiger partial charge in [0.25, 0.3) is 0 Å². The Morgan fingerprint density at radius 2 is 2.00 bits per heavy atom. The average molecular weight is 329 g/mol. The van der Waals surface area contributed by atoms with Crippen LogP contribution in [-0.2, 0) is 4.79 Å². The van der Waals surface area contributed by atoms with Crippen LogP contribution in [-0.4, -0.2) is 59.5 Å². The number of aromatic nitrogens is 2. The second-order valence-corrected chi connectivity index (χ2v) is 7.74. The van der Waals surface area contributed by atoms with E-state index in [0.29, 0.717) is 17.7 Å². The molecule has 0 radical (unpaired) electrons. The first-order valence-corrected chi connectivity index (χ1v) is 9.15. The van der Waals surface area contributed by atoms with Gasteiger partial charge in [0, 0.05) is 43.9 Å². The molecule has 24 heavy (non-hydrogen) atoms. The van der Waals surface area contributed by atoms with Gasteiger partial charge in [0.1, 0.15) is 11.6 Å². The number of fused-ring (bicyclic) bond motifs is 1. The Morgan fingerprint density at radius 3 is 2.58 bits per heavy atom. The van der Waals surface area contributed by atoms with Crippen LogP contribution in [0.4, 0.5) is 5.82 Å². The summed E-state index contributed by atoms with van der Waals surface area (Å²) in [7, 11) is 0. The number of hydrogen-bond donors (Lipinski definition) is 1. The zero-order valence-corrected chi connectivity index (χ0v) is 14.8. The summed E-state index contributed by atoms with van der Waals surface area (Å²) in [5, 5.41) is 3.40. The number of anilines is 1. The first-order valence-electron chi connectivity index (χ1n) is 9.15. The smallest absolute Gasteiger partial charge is 0.240 e. The summed E-state index contributed by atoms with van der Waals surface area (Å²) in [5.74, 6) is 3.90. The van der Waals surface area contributed by atoms with Gasteiger partial charge in [0.15, 0.2) is 0 Å². The lowest BCUT2D eigenvalue weighted by Crippen LogP contribution is -2.54. The predicted molar refractivity (Wildman–Crippen MR) is 93.0 cm³/mol. The fourth-order valence-electron chi connectivity index (χ4n) is 3.96. The molecule has 130 valence electrons. The zero-order chi connectivity index (χ0) is 16.8. The predicted octanol–water partition coefficient (Wildman–Crippen LogP) is 1.16. The summed E-state index contributed by atoms with van der Waals surface area (Å²) in [6.07, 6.45) is 1.24. The summed E-state index contributed by atoms with van der Waals surface area (Å²) in [5.41, 5.74) is 1.01. The van der Waals surface area contributed by atoms with Gasteiger partial charge in [-0.3, -0.25) is 4.79 Å². The molecule has 1 aromatic heterocycles. The quantitative estimate of drug-likeness (QED) is 0.902. The Labute approximate surface area is 143 Å². The van der Waals surface area contributed by atoms with Gasteiger partial charge in [0.2, 0.25) is 5.91 Å². The zero-order valence-electron chi connectivity index (χ0n) is 14.8. The molecule has 3 fully saturated rings. The molecular formula is C18H27N5O. The van der Waals surface area contributed by atoms with Gasteiger partial charge in [-0.2, -0.15) is 0 Å². The Bertz CT molecular complexity index is 638. The van der Waals surface area contributed by atoms with Gasteiger partial charge in [-0.1, -0.05) is 13.8 Å². The number of carbonyl (C=O) groups excluding carboxylic acids is 1. The van der Waals surface area contributed by atoms with Crippen molar-refractivity contribution in [2.24, 2.45) is 11.8 Å². The van der Waals surface area contributed by atoms with E-state index in [1.165, 1.54) is 6.42 Å². The topological polar surface area (TPSA) is 61.4 Å². The molecule has 1 N–H and O–H groups in total. The Morgan fingerprint density at radius 1 is 1.25 bits per heavy atom. The van der Waals surface area contributed by atoms with E-state index in [9.17, 15) is 4.79 Å². The highest BCUT2D eigenvalue weighted by Gasteiger charge is 2.51. The van der Waals surface area contributed by atoms with Crippen LogP contribution in [0.15, 0.2) is 6.07 Å². The average Bonchev–Trinajstić information content (AvgIpc) is 3.24. The summed E-state index contributed by atoms with van der Waals surface area (Å²) >= 11 is 0. The second-order valence-electron chi connectivity index (χ2n) is 7.74. The van der Waals surface area contributed by atoms with Crippen LogP contribution in [0.5, 0.6) is 0 Å². The number of rotatable bonds is 3. The second kappa shape index (κ2) is 5.99. The molecule has 0 unspecified atom stereocenters. The summed E-state index contributed by atoms with van der Waals surface area (Å²) < 4.78 is 0. The van der Waals surface area contributed by atoms with E-state index in [4.69, 9.17) is 4.98 Å². The van der Waals surface area contributed by atoms with Crippen molar-refractivity contribution < 1.29 is 4.79 Å². The van der Waals surface area contributed by atoms with E-state index in [-0.39, 0.29) is 6.04 Å². The van der Waals surface area contributed by atoms with Crippen LogP contribution in [0.25, 0.3) is 0 Å². The van der Waals surface area contributed by atoms with Crippen molar-refractivity contribution in [2.75, 3.05) is 37.6 Å². The van der Waals surface area contributed by atoms with Gasteiger partial charge in [-0.15, -0.1) is 0 Å². The number of piperidine rings is 1. The molecule has 6 nitrogen and oxygen atoms in total. The Balaban J connectivity index is 1.40. The van der Waals surface area contributed by atoms with Gasteiger partial charge in [-0.25, -0.2) is 9.97 Å². The van der Waals surface area contributed by atoms with Crippen molar-refractivity contribution >= 4 is 11.7 Å². The fourth-order valence-corrected chi connectivity index (χ4v) is 3.96. The maximum Gasteiger partial charge on any atom is 0.240 e. The summed E-state index contributed by atoms with van der Waals surface area (Å²) in [4.78, 5) is 26.3. The van der Waals surface area contributed by atoms with E-state index < -0.39 is 0 Å². The van der Waals surface area contributed by atoms with Gasteiger partial charge in [-0.05, 0) is 31.7 Å². The van der Waals surface area contributed by atoms with Crippen molar-refractivity contribution in [2.45, 2.75) is 39.2 Å². The summed E-state index contributed by atoms with van der Waals surface area (Å²) in [6.45, 7) is 10.6. The molecule has 3 atom stereocenters. The number of nitrogens with zero attached hydrogens (tertiary/aromatic N) is 4. The fraction of sp³-hybridized carbons (Fsp3) is 0.722. The SMILES string of the molecule is Cc1cc(N2CCN(C(=O)[C@@H]3NC[C@@H]4C[C@@H]43)CC2)nc(C(C)C)n1. The molecule has 1 saturated carbocycles. The molecule has 6 heteroatoms. The largest absolute Gasteiger partial charge is 0.353 e. The monoisotopic (exact) mass is 329 g/mol. The third-order valence-corrected chi connectivity index (χ3v) is 5.56. The van der Waals surface area contributed by atoms with E-state index in [0.717, 1.165) is 56.0 Å². The number of piperazine rings is 1. The number of aryl methyl sites for hydroxylation is 1. The molecule has 1 aromatic rings. The van der Waals surface area contributed by atoms with Crippen molar-refractivity contribution in [3.63, 3.8) is 0 Å². The Kier molecular flexibility index (Phi) is 3.95. The van der Waals surface area contributed by atoms with Crippen LogP contribution in [0.3, 0.4) is 0 Å². The van der Waals surface area contributed by atoms with E-state index in [2.05, 4.69) is 35.1 Å². The lowest BCUT2D eigenvalue weighted by Gasteiger charge is -2.37. The molecule has 4 rings (SSSR count). The van der Waals surface area contributed by atoms with Crippen molar-refractivity contribution in [1.29, 1.82) is 0 Å². The van der Waals surface area contributed by atoms with Crippen LogP contribution in [0.2, 0.25) is 0 Å². The maximum absolute atomic E-state index is 12.7. The van der Waals surface area contributed by atoms with E-state index >= 15 is 0 Å². The lowest BCUT2D eigenvalue weighted by atomic mass is 10.1. The molecule has 3 aliphatic rings. The van der Waals surface area contributed by atoms with E-state index in [1.54, 1.807) is 0 Å². The third-order valence-electron chi connectivity index (χ3n) is 5.56. The third kappa shape index (κ3) is 2.88. The number of nitrogens with one attached hydrogen (secondary N) is 1. The first kappa shape index (κ1) is 15.8. The highest BCUT2D eigenvalue weighted by atomic mass is 16.2. The van der Waals surface area contributed by atoms with E-state index in [1.807, 2.05) is 11.8 Å². The first-order chi connectivity index (χ1) is 11.5. The molecule has 2 aliphatic heterocycles. The molecular weight excluding hydrogens is 302 g/mol. The molecule has 2 saturated heterocycles. The van der Waals surface area contributed by atoms with Crippen LogP contribution in [0, 0.1) is 18.8 Å². The molecule has 0 spiro atoms. The number of carbonyl (C=O) groups is 1. The molecule has 0 aromatic carbocycles.